The molecule has 36 heavy (non-hydrogen) atoms. The van der Waals surface area contributed by atoms with Crippen LogP contribution in [0.2, 0.25) is 0 Å². The normalized spacial score (nSPS) is 24.2. The highest BCUT2D eigenvalue weighted by molar-refractivity contribution is 5.85. The first kappa shape index (κ1) is 23.1. The van der Waals surface area contributed by atoms with Crippen LogP contribution in [0, 0.1) is 11.8 Å². The lowest BCUT2D eigenvalue weighted by atomic mass is 9.88. The molecule has 0 amide bonds. The molecule has 186 valence electrons. The Hall–Kier alpha value is -3.31. The Morgan fingerprint density at radius 1 is 0.917 bits per heavy atom. The zero-order valence-corrected chi connectivity index (χ0v) is 20.7. The van der Waals surface area contributed by atoms with E-state index in [2.05, 4.69) is 11.9 Å². The maximum Gasteiger partial charge on any atom is 0.318 e. The molecule has 5 nitrogen and oxygen atoms in total. The van der Waals surface area contributed by atoms with Crippen LogP contribution in [0.5, 0.6) is 17.2 Å². The van der Waals surface area contributed by atoms with Gasteiger partial charge in [-0.25, -0.2) is 0 Å². The molecule has 0 saturated heterocycles. The van der Waals surface area contributed by atoms with Gasteiger partial charge in [0.25, 0.3) is 0 Å². The molecule has 0 spiro atoms. The van der Waals surface area contributed by atoms with Crippen LogP contribution in [0.15, 0.2) is 78.9 Å². The fourth-order valence-electron chi connectivity index (χ4n) is 6.61. The number of hydrogen-bond acceptors (Lipinski definition) is 5. The third-order valence-corrected chi connectivity index (χ3v) is 8.16. The van der Waals surface area contributed by atoms with Gasteiger partial charge >= 0.3 is 5.97 Å². The number of rotatable bonds is 8. The van der Waals surface area contributed by atoms with Crippen LogP contribution >= 0.6 is 0 Å². The van der Waals surface area contributed by atoms with Crippen LogP contribution in [-0.4, -0.2) is 43.2 Å². The van der Waals surface area contributed by atoms with E-state index in [1.165, 1.54) is 6.42 Å². The van der Waals surface area contributed by atoms with Crippen LogP contribution in [0.4, 0.5) is 0 Å². The Bertz CT molecular complexity index is 1170. The predicted molar refractivity (Wildman–Crippen MR) is 138 cm³/mol. The van der Waals surface area contributed by atoms with Gasteiger partial charge in [0, 0.05) is 29.6 Å². The number of carbonyl (C=O) groups excluding carboxylic acids is 1. The summed E-state index contributed by atoms with van der Waals surface area (Å²) in [7, 11) is 2.22. The van der Waals surface area contributed by atoms with Gasteiger partial charge in [-0.15, -0.1) is 0 Å². The van der Waals surface area contributed by atoms with E-state index in [1.807, 2.05) is 78.9 Å². The van der Waals surface area contributed by atoms with Crippen molar-refractivity contribution in [3.63, 3.8) is 0 Å². The molecule has 3 aliphatic rings. The Kier molecular flexibility index (Phi) is 6.41. The minimum absolute atomic E-state index is 0.0218. The molecular weight excluding hydrogens is 450 g/mol. The van der Waals surface area contributed by atoms with Crippen molar-refractivity contribution in [2.24, 2.45) is 11.8 Å². The van der Waals surface area contributed by atoms with Crippen LogP contribution in [0.3, 0.4) is 0 Å². The monoisotopic (exact) mass is 483 g/mol. The number of hydrogen-bond donors (Lipinski definition) is 0. The largest absolute Gasteiger partial charge is 0.494 e. The Morgan fingerprint density at radius 3 is 2.31 bits per heavy atom. The van der Waals surface area contributed by atoms with Gasteiger partial charge in [-0.05, 0) is 62.9 Å². The van der Waals surface area contributed by atoms with Crippen molar-refractivity contribution in [2.45, 2.75) is 43.7 Å². The molecule has 0 aromatic heterocycles. The summed E-state index contributed by atoms with van der Waals surface area (Å²) >= 11 is 0. The minimum Gasteiger partial charge on any atom is -0.494 e. The maximum absolute atomic E-state index is 13.7. The number of para-hydroxylation sites is 3. The lowest BCUT2D eigenvalue weighted by Crippen LogP contribution is -2.39. The van der Waals surface area contributed by atoms with E-state index < -0.39 is 5.92 Å². The van der Waals surface area contributed by atoms with Crippen LogP contribution < -0.4 is 9.47 Å². The molecular formula is C31H33NO4. The number of carbonyl (C=O) groups is 1. The number of benzene rings is 3. The Labute approximate surface area is 213 Å². The lowest BCUT2D eigenvalue weighted by Gasteiger charge is -2.31. The highest BCUT2D eigenvalue weighted by Crippen LogP contribution is 2.50. The van der Waals surface area contributed by atoms with Gasteiger partial charge in [0.05, 0.1) is 6.61 Å². The molecule has 3 aromatic rings. The molecule has 5 heteroatoms. The van der Waals surface area contributed by atoms with Gasteiger partial charge in [0.2, 0.25) is 0 Å². The summed E-state index contributed by atoms with van der Waals surface area (Å²) in [6.45, 7) is 1.68. The van der Waals surface area contributed by atoms with E-state index >= 15 is 0 Å². The van der Waals surface area contributed by atoms with Crippen molar-refractivity contribution in [1.82, 2.24) is 4.90 Å². The van der Waals surface area contributed by atoms with Crippen molar-refractivity contribution in [1.29, 1.82) is 0 Å². The molecule has 2 bridgehead atoms. The van der Waals surface area contributed by atoms with Gasteiger partial charge in [0.15, 0.2) is 0 Å². The Morgan fingerprint density at radius 2 is 1.58 bits per heavy atom. The molecule has 0 N–H and O–H groups in total. The first-order chi connectivity index (χ1) is 17.7. The third kappa shape index (κ3) is 4.37. The predicted octanol–water partition coefficient (Wildman–Crippen LogP) is 6.04. The average Bonchev–Trinajstić information content (AvgIpc) is 3.48. The summed E-state index contributed by atoms with van der Waals surface area (Å²) in [5, 5.41) is 0. The van der Waals surface area contributed by atoms with Crippen molar-refractivity contribution in [3.8, 4) is 17.2 Å². The summed E-state index contributed by atoms with van der Waals surface area (Å²) in [5.41, 5.74) is 1.77. The second-order valence-electron chi connectivity index (χ2n) is 10.3. The van der Waals surface area contributed by atoms with Gasteiger partial charge in [-0.3, -0.25) is 4.79 Å². The van der Waals surface area contributed by atoms with Gasteiger partial charge < -0.3 is 19.1 Å². The number of fused-ring (bicyclic) bond motifs is 4. The second-order valence-corrected chi connectivity index (χ2v) is 10.3. The first-order valence-electron chi connectivity index (χ1n) is 13.1. The van der Waals surface area contributed by atoms with Crippen LogP contribution in [0.25, 0.3) is 0 Å². The summed E-state index contributed by atoms with van der Waals surface area (Å²) in [6, 6.07) is 26.1. The van der Waals surface area contributed by atoms with E-state index in [9.17, 15) is 4.79 Å². The molecule has 2 saturated carbocycles. The smallest absolute Gasteiger partial charge is 0.318 e. The minimum atomic E-state index is -0.448. The number of esters is 1. The molecule has 1 heterocycles. The zero-order valence-electron chi connectivity index (χ0n) is 20.7. The van der Waals surface area contributed by atoms with Gasteiger partial charge in [-0.1, -0.05) is 54.6 Å². The molecule has 2 aliphatic carbocycles. The molecule has 3 aromatic carbocycles. The van der Waals surface area contributed by atoms with Crippen molar-refractivity contribution >= 4 is 5.97 Å². The number of nitrogens with zero attached hydrogens (tertiary/aromatic N) is 1. The summed E-state index contributed by atoms with van der Waals surface area (Å²) in [5.74, 6) is 2.77. The van der Waals surface area contributed by atoms with Crippen molar-refractivity contribution in [3.05, 3.63) is 90.0 Å². The average molecular weight is 484 g/mol. The quantitative estimate of drug-likeness (QED) is 0.289. The van der Waals surface area contributed by atoms with E-state index in [4.69, 9.17) is 14.2 Å². The molecule has 2 fully saturated rings. The molecule has 1 aliphatic heterocycles. The van der Waals surface area contributed by atoms with E-state index in [1.54, 1.807) is 0 Å². The molecule has 4 unspecified atom stereocenters. The lowest BCUT2D eigenvalue weighted by molar-refractivity contribution is -0.152. The summed E-state index contributed by atoms with van der Waals surface area (Å²) < 4.78 is 18.3. The van der Waals surface area contributed by atoms with Crippen molar-refractivity contribution < 1.29 is 19.0 Å². The van der Waals surface area contributed by atoms with Crippen molar-refractivity contribution in [2.75, 3.05) is 20.2 Å². The number of ether oxygens (including phenoxy) is 3. The van der Waals surface area contributed by atoms with Gasteiger partial charge in [0.1, 0.15) is 29.3 Å². The van der Waals surface area contributed by atoms with E-state index in [0.717, 1.165) is 54.2 Å². The topological polar surface area (TPSA) is 48.0 Å². The molecule has 4 atom stereocenters. The SMILES string of the molecule is CN(CCCOc1ccccc1)C1C2CCC1C(OC(=O)C1c3ccccc3Oc3ccccc31)C2. The standard InChI is InChI=1S/C31H33NO4/c1-32(18-9-19-34-22-10-3-2-4-11-22)30-21-16-17-25(30)28(20-21)36-31(33)29-23-12-5-7-14-26(23)35-27-15-8-6-13-24(27)29/h2-8,10-15,21,25,28-30H,9,16-20H2,1H3. The zero-order chi connectivity index (χ0) is 24.5. The summed E-state index contributed by atoms with van der Waals surface area (Å²) in [6.07, 6.45) is 4.25. The van der Waals surface area contributed by atoms with Crippen LogP contribution in [-0.2, 0) is 9.53 Å². The summed E-state index contributed by atoms with van der Waals surface area (Å²) in [4.78, 5) is 16.1. The highest BCUT2D eigenvalue weighted by Gasteiger charge is 2.51. The second kappa shape index (κ2) is 9.98. The fourth-order valence-corrected chi connectivity index (χ4v) is 6.61. The molecule has 0 radical (unpaired) electrons. The highest BCUT2D eigenvalue weighted by atomic mass is 16.5. The third-order valence-electron chi connectivity index (χ3n) is 8.16. The van der Waals surface area contributed by atoms with Gasteiger partial charge in [-0.2, -0.15) is 0 Å². The Balaban J connectivity index is 1.10. The fraction of sp³-hybridized carbons (Fsp3) is 0.387. The van der Waals surface area contributed by atoms with Crippen LogP contribution in [0.1, 0.15) is 42.7 Å². The first-order valence-corrected chi connectivity index (χ1v) is 13.1. The molecule has 6 rings (SSSR count). The van der Waals surface area contributed by atoms with E-state index in [0.29, 0.717) is 24.5 Å². The maximum atomic E-state index is 13.7. The van der Waals surface area contributed by atoms with E-state index in [-0.39, 0.29) is 12.1 Å².